The van der Waals surface area contributed by atoms with Gasteiger partial charge in [0.15, 0.2) is 0 Å². The predicted molar refractivity (Wildman–Crippen MR) is 72.8 cm³/mol. The van der Waals surface area contributed by atoms with Crippen LogP contribution in [0.2, 0.25) is 0 Å². The van der Waals surface area contributed by atoms with Gasteiger partial charge in [0.05, 0.1) is 11.8 Å². The van der Waals surface area contributed by atoms with Gasteiger partial charge in [0.25, 0.3) is 0 Å². The first kappa shape index (κ1) is 17.6. The van der Waals surface area contributed by atoms with Crippen LogP contribution in [0.1, 0.15) is 33.1 Å². The minimum atomic E-state index is -4.23. The molecule has 0 saturated carbocycles. The number of nitrogens with zero attached hydrogens (tertiary/aromatic N) is 1. The predicted octanol–water partition coefficient (Wildman–Crippen LogP) is 2.60. The molecule has 1 N–H and O–H groups in total. The molecule has 118 valence electrons. The molecule has 0 aromatic carbocycles. The van der Waals surface area contributed by atoms with Gasteiger partial charge in [0, 0.05) is 18.6 Å². The Morgan fingerprint density at radius 2 is 1.95 bits per heavy atom. The number of halogens is 4. The first-order valence-electron chi connectivity index (χ1n) is 6.83. The van der Waals surface area contributed by atoms with Crippen molar-refractivity contribution in [1.82, 2.24) is 10.2 Å². The highest BCUT2D eigenvalue weighted by atomic mass is 35.5. The third kappa shape index (κ3) is 3.22. The fraction of sp³-hybridized carbons (Fsp3) is 0.923. The van der Waals surface area contributed by atoms with Crippen molar-refractivity contribution in [3.05, 3.63) is 0 Å². The van der Waals surface area contributed by atoms with E-state index in [4.69, 9.17) is 0 Å². The Bertz CT molecular complexity index is 354. The molecule has 0 bridgehead atoms. The lowest BCUT2D eigenvalue weighted by Gasteiger charge is -2.39. The molecule has 0 aromatic heterocycles. The van der Waals surface area contributed by atoms with E-state index in [-0.39, 0.29) is 37.2 Å². The van der Waals surface area contributed by atoms with E-state index in [0.29, 0.717) is 6.54 Å². The Morgan fingerprint density at radius 1 is 1.30 bits per heavy atom. The number of nitrogens with one attached hydrogen (secondary N) is 1. The topological polar surface area (TPSA) is 32.3 Å². The van der Waals surface area contributed by atoms with Crippen LogP contribution in [0.4, 0.5) is 13.2 Å². The van der Waals surface area contributed by atoms with E-state index in [1.54, 1.807) is 0 Å². The third-order valence-corrected chi connectivity index (χ3v) is 4.50. The first-order chi connectivity index (χ1) is 8.74. The molecule has 0 aliphatic carbocycles. The maximum Gasteiger partial charge on any atom is 0.394 e. The molecule has 2 aliphatic heterocycles. The highest BCUT2D eigenvalue weighted by Crippen LogP contribution is 2.45. The summed E-state index contributed by atoms with van der Waals surface area (Å²) >= 11 is 0. The van der Waals surface area contributed by atoms with E-state index in [9.17, 15) is 18.0 Å². The molecule has 0 radical (unpaired) electrons. The monoisotopic (exact) mass is 314 g/mol. The zero-order chi connectivity index (χ0) is 14.3. The zero-order valence-corrected chi connectivity index (χ0v) is 12.6. The number of carbonyl (C=O) groups is 1. The molecule has 2 unspecified atom stereocenters. The van der Waals surface area contributed by atoms with E-state index in [0.717, 1.165) is 19.4 Å². The minimum absolute atomic E-state index is 0. The molecule has 3 nitrogen and oxygen atoms in total. The van der Waals surface area contributed by atoms with Crippen LogP contribution in [0.3, 0.4) is 0 Å². The highest BCUT2D eigenvalue weighted by Gasteiger charge is 2.56. The maximum atomic E-state index is 13.0. The van der Waals surface area contributed by atoms with Crippen LogP contribution in [0.25, 0.3) is 0 Å². The zero-order valence-electron chi connectivity index (χ0n) is 11.8. The smallest absolute Gasteiger partial charge is 0.337 e. The summed E-state index contributed by atoms with van der Waals surface area (Å²) in [6, 6.07) is 0. The van der Waals surface area contributed by atoms with E-state index in [1.807, 2.05) is 0 Å². The molecule has 7 heteroatoms. The number of hydrogen-bond acceptors (Lipinski definition) is 2. The Balaban J connectivity index is 0.00000200. The van der Waals surface area contributed by atoms with Gasteiger partial charge >= 0.3 is 6.18 Å². The van der Waals surface area contributed by atoms with Crippen molar-refractivity contribution in [3.63, 3.8) is 0 Å². The van der Waals surface area contributed by atoms with Gasteiger partial charge in [-0.3, -0.25) is 4.79 Å². The van der Waals surface area contributed by atoms with Gasteiger partial charge in [-0.05, 0) is 39.7 Å². The van der Waals surface area contributed by atoms with Crippen molar-refractivity contribution in [1.29, 1.82) is 0 Å². The van der Waals surface area contributed by atoms with Crippen LogP contribution in [-0.2, 0) is 4.79 Å². The van der Waals surface area contributed by atoms with Crippen molar-refractivity contribution in [2.45, 2.75) is 44.8 Å². The number of likely N-dealkylation sites (tertiary alicyclic amines) is 1. The molecular weight excluding hydrogens is 293 g/mol. The summed E-state index contributed by atoms with van der Waals surface area (Å²) in [5, 5.41) is 3.14. The maximum absolute atomic E-state index is 13.0. The number of amides is 1. The second kappa shape index (κ2) is 6.10. The molecule has 1 amide bonds. The second-order valence-electron chi connectivity index (χ2n) is 6.07. The molecule has 0 aromatic rings. The van der Waals surface area contributed by atoms with E-state index in [2.05, 4.69) is 5.32 Å². The molecule has 2 rings (SSSR count). The largest absolute Gasteiger partial charge is 0.394 e. The standard InChI is InChI=1S/C13H21F3N2O.ClH/c1-12(2)10(13(14,15)16)5-7-18(12)11(19)9-4-3-6-17-8-9;/h9-10,17H,3-8H2,1-2H3;1H. The molecule has 0 spiro atoms. The molecule has 2 saturated heterocycles. The van der Waals surface area contributed by atoms with E-state index >= 15 is 0 Å². The average molecular weight is 315 g/mol. The van der Waals surface area contributed by atoms with Crippen LogP contribution in [0, 0.1) is 11.8 Å². The van der Waals surface area contributed by atoms with Crippen molar-refractivity contribution >= 4 is 18.3 Å². The van der Waals surface area contributed by atoms with Crippen molar-refractivity contribution in [3.8, 4) is 0 Å². The lowest BCUT2D eigenvalue weighted by molar-refractivity contribution is -0.192. The third-order valence-electron chi connectivity index (χ3n) is 4.50. The van der Waals surface area contributed by atoms with Crippen molar-refractivity contribution in [2.75, 3.05) is 19.6 Å². The summed E-state index contributed by atoms with van der Waals surface area (Å²) in [7, 11) is 0. The first-order valence-corrected chi connectivity index (χ1v) is 6.83. The number of rotatable bonds is 1. The quantitative estimate of drug-likeness (QED) is 0.807. The highest BCUT2D eigenvalue weighted by molar-refractivity contribution is 5.85. The number of piperidine rings is 1. The van der Waals surface area contributed by atoms with Gasteiger partial charge < -0.3 is 10.2 Å². The molecular formula is C13H22ClF3N2O. The summed E-state index contributed by atoms with van der Waals surface area (Å²) in [5.41, 5.74) is -1.13. The van der Waals surface area contributed by atoms with Gasteiger partial charge in [-0.15, -0.1) is 12.4 Å². The van der Waals surface area contributed by atoms with Crippen LogP contribution in [0.15, 0.2) is 0 Å². The molecule has 20 heavy (non-hydrogen) atoms. The summed E-state index contributed by atoms with van der Waals surface area (Å²) < 4.78 is 39.0. The SMILES string of the molecule is CC1(C)C(C(F)(F)F)CCN1C(=O)C1CCCNC1.Cl. The summed E-state index contributed by atoms with van der Waals surface area (Å²) in [4.78, 5) is 13.9. The van der Waals surface area contributed by atoms with E-state index in [1.165, 1.54) is 18.7 Å². The lowest BCUT2D eigenvalue weighted by atomic mass is 9.87. The van der Waals surface area contributed by atoms with Gasteiger partial charge in [-0.2, -0.15) is 13.2 Å². The fourth-order valence-electron chi connectivity index (χ4n) is 3.33. The summed E-state index contributed by atoms with van der Waals surface area (Å²) in [6.07, 6.45) is -2.53. The Kier molecular flexibility index (Phi) is 5.35. The fourth-order valence-corrected chi connectivity index (χ4v) is 3.33. The van der Waals surface area contributed by atoms with Crippen LogP contribution in [-0.4, -0.2) is 42.2 Å². The number of carbonyl (C=O) groups excluding carboxylic acids is 1. The van der Waals surface area contributed by atoms with Gasteiger partial charge in [-0.25, -0.2) is 0 Å². The Hall–Kier alpha value is -0.490. The van der Waals surface area contributed by atoms with Crippen molar-refractivity contribution < 1.29 is 18.0 Å². The minimum Gasteiger partial charge on any atom is -0.337 e. The van der Waals surface area contributed by atoms with E-state index < -0.39 is 17.6 Å². The lowest BCUT2D eigenvalue weighted by Crippen LogP contribution is -2.53. The average Bonchev–Trinajstić information content (AvgIpc) is 2.64. The van der Waals surface area contributed by atoms with Crippen LogP contribution >= 0.6 is 12.4 Å². The van der Waals surface area contributed by atoms with Crippen LogP contribution < -0.4 is 5.32 Å². The molecule has 2 fully saturated rings. The Labute approximate surface area is 123 Å². The van der Waals surface area contributed by atoms with Gasteiger partial charge in [-0.1, -0.05) is 0 Å². The molecule has 2 heterocycles. The normalized spacial score (nSPS) is 29.9. The summed E-state index contributed by atoms with van der Waals surface area (Å²) in [6.45, 7) is 4.76. The van der Waals surface area contributed by atoms with Crippen molar-refractivity contribution in [2.24, 2.45) is 11.8 Å². The molecule has 2 atom stereocenters. The second-order valence-corrected chi connectivity index (χ2v) is 6.07. The molecule has 2 aliphatic rings. The van der Waals surface area contributed by atoms with Crippen LogP contribution in [0.5, 0.6) is 0 Å². The van der Waals surface area contributed by atoms with Gasteiger partial charge in [0.1, 0.15) is 0 Å². The summed E-state index contributed by atoms with van der Waals surface area (Å²) in [5.74, 6) is -1.70. The Morgan fingerprint density at radius 3 is 2.40 bits per heavy atom. The number of hydrogen-bond donors (Lipinski definition) is 1. The van der Waals surface area contributed by atoms with Gasteiger partial charge in [0.2, 0.25) is 5.91 Å². The number of alkyl halides is 3.